The predicted octanol–water partition coefficient (Wildman–Crippen LogP) is 3.09. The van der Waals surface area contributed by atoms with Gasteiger partial charge in [0.05, 0.1) is 25.5 Å². The van der Waals surface area contributed by atoms with Gasteiger partial charge < -0.3 is 14.6 Å². The molecule has 2 aromatic rings. The number of carboxylic acid groups (broad SMARTS) is 1. The minimum atomic E-state index is -0.936. The summed E-state index contributed by atoms with van der Waals surface area (Å²) in [6, 6.07) is 8.53. The zero-order valence-corrected chi connectivity index (χ0v) is 12.5. The van der Waals surface area contributed by atoms with Crippen LogP contribution in [0.1, 0.15) is 16.1 Å². The van der Waals surface area contributed by atoms with Crippen molar-refractivity contribution in [2.75, 3.05) is 14.2 Å². The SMILES string of the molecule is COc1ccnc(CSc2cccc(C(=O)O)c2)c1OC. The van der Waals surface area contributed by atoms with Crippen molar-refractivity contribution < 1.29 is 19.4 Å². The molecule has 0 radical (unpaired) electrons. The van der Waals surface area contributed by atoms with Crippen LogP contribution in [0.4, 0.5) is 0 Å². The number of aromatic carboxylic acids is 1. The predicted molar refractivity (Wildman–Crippen MR) is 80.3 cm³/mol. The number of carbonyl (C=O) groups is 1. The molecule has 1 aromatic carbocycles. The molecule has 0 bridgehead atoms. The fourth-order valence-corrected chi connectivity index (χ4v) is 2.72. The summed E-state index contributed by atoms with van der Waals surface area (Å²) >= 11 is 1.49. The zero-order valence-electron chi connectivity index (χ0n) is 11.7. The largest absolute Gasteiger partial charge is 0.493 e. The molecule has 0 spiro atoms. The van der Waals surface area contributed by atoms with Gasteiger partial charge in [-0.3, -0.25) is 4.98 Å². The molecule has 0 aliphatic heterocycles. The average Bonchev–Trinajstić information content (AvgIpc) is 2.52. The number of rotatable bonds is 6. The molecular formula is C15H15NO4S. The van der Waals surface area contributed by atoms with Gasteiger partial charge in [0.2, 0.25) is 0 Å². The quantitative estimate of drug-likeness (QED) is 0.827. The van der Waals surface area contributed by atoms with E-state index in [2.05, 4.69) is 4.98 Å². The molecule has 1 N–H and O–H groups in total. The van der Waals surface area contributed by atoms with Crippen molar-refractivity contribution in [1.29, 1.82) is 0 Å². The summed E-state index contributed by atoms with van der Waals surface area (Å²) in [4.78, 5) is 16.1. The number of benzene rings is 1. The smallest absolute Gasteiger partial charge is 0.335 e. The highest BCUT2D eigenvalue weighted by molar-refractivity contribution is 7.98. The summed E-state index contributed by atoms with van der Waals surface area (Å²) in [5.41, 5.74) is 1.02. The molecule has 1 heterocycles. The van der Waals surface area contributed by atoms with Crippen LogP contribution in [0.3, 0.4) is 0 Å². The van der Waals surface area contributed by atoms with E-state index in [0.717, 1.165) is 10.6 Å². The van der Waals surface area contributed by atoms with Crippen molar-refractivity contribution in [2.24, 2.45) is 0 Å². The van der Waals surface area contributed by atoms with Crippen LogP contribution >= 0.6 is 11.8 Å². The van der Waals surface area contributed by atoms with Gasteiger partial charge in [-0.05, 0) is 18.2 Å². The second kappa shape index (κ2) is 6.99. The van der Waals surface area contributed by atoms with Gasteiger partial charge in [-0.1, -0.05) is 6.07 Å². The third-order valence-electron chi connectivity index (χ3n) is 2.82. The molecule has 110 valence electrons. The fraction of sp³-hybridized carbons (Fsp3) is 0.200. The van der Waals surface area contributed by atoms with Gasteiger partial charge in [-0.2, -0.15) is 0 Å². The van der Waals surface area contributed by atoms with E-state index in [1.54, 1.807) is 44.7 Å². The third-order valence-corrected chi connectivity index (χ3v) is 3.83. The summed E-state index contributed by atoms with van der Waals surface area (Å²) in [5, 5.41) is 8.99. The van der Waals surface area contributed by atoms with Crippen LogP contribution in [0.5, 0.6) is 11.5 Å². The van der Waals surface area contributed by atoms with Crippen molar-refractivity contribution in [1.82, 2.24) is 4.98 Å². The number of hydrogen-bond acceptors (Lipinski definition) is 5. The van der Waals surface area contributed by atoms with Gasteiger partial charge in [0, 0.05) is 22.9 Å². The number of ether oxygens (including phenoxy) is 2. The molecule has 0 aliphatic carbocycles. The molecule has 0 unspecified atom stereocenters. The van der Waals surface area contributed by atoms with Gasteiger partial charge in [0.15, 0.2) is 11.5 Å². The lowest BCUT2D eigenvalue weighted by Gasteiger charge is -2.11. The molecule has 0 fully saturated rings. The molecule has 0 aliphatic rings. The Morgan fingerprint density at radius 3 is 2.76 bits per heavy atom. The Kier molecular flexibility index (Phi) is 5.05. The Labute approximate surface area is 126 Å². The highest BCUT2D eigenvalue weighted by Gasteiger charge is 2.11. The summed E-state index contributed by atoms with van der Waals surface area (Å²) in [6.07, 6.45) is 1.66. The molecule has 1 aromatic heterocycles. The molecule has 0 amide bonds. The number of pyridine rings is 1. The first-order valence-corrected chi connectivity index (χ1v) is 7.16. The van der Waals surface area contributed by atoms with E-state index in [9.17, 15) is 4.79 Å². The summed E-state index contributed by atoms with van der Waals surface area (Å²) < 4.78 is 10.6. The lowest BCUT2D eigenvalue weighted by Crippen LogP contribution is -1.98. The van der Waals surface area contributed by atoms with Crippen molar-refractivity contribution in [3.05, 3.63) is 47.8 Å². The Hall–Kier alpha value is -2.21. The number of aromatic nitrogens is 1. The topological polar surface area (TPSA) is 68.7 Å². The number of hydrogen-bond donors (Lipinski definition) is 1. The van der Waals surface area contributed by atoms with Crippen molar-refractivity contribution in [3.63, 3.8) is 0 Å². The van der Waals surface area contributed by atoms with Gasteiger partial charge in [-0.15, -0.1) is 11.8 Å². The van der Waals surface area contributed by atoms with E-state index in [4.69, 9.17) is 14.6 Å². The first kappa shape index (κ1) is 15.2. The number of thioether (sulfide) groups is 1. The van der Waals surface area contributed by atoms with Crippen LogP contribution in [0.2, 0.25) is 0 Å². The normalized spacial score (nSPS) is 10.2. The number of carboxylic acids is 1. The highest BCUT2D eigenvalue weighted by atomic mass is 32.2. The molecule has 0 atom stereocenters. The molecule has 2 rings (SSSR count). The average molecular weight is 305 g/mol. The van der Waals surface area contributed by atoms with Gasteiger partial charge in [0.25, 0.3) is 0 Å². The first-order valence-electron chi connectivity index (χ1n) is 6.17. The monoisotopic (exact) mass is 305 g/mol. The van der Waals surface area contributed by atoms with Gasteiger partial charge in [0.1, 0.15) is 0 Å². The van der Waals surface area contributed by atoms with Crippen LogP contribution in [0.25, 0.3) is 0 Å². The Morgan fingerprint density at radius 2 is 2.10 bits per heavy atom. The van der Waals surface area contributed by atoms with E-state index >= 15 is 0 Å². The molecular weight excluding hydrogens is 290 g/mol. The lowest BCUT2D eigenvalue weighted by molar-refractivity contribution is 0.0696. The van der Waals surface area contributed by atoms with E-state index in [0.29, 0.717) is 17.3 Å². The van der Waals surface area contributed by atoms with E-state index in [-0.39, 0.29) is 5.56 Å². The van der Waals surface area contributed by atoms with Crippen LogP contribution in [0, 0.1) is 0 Å². The van der Waals surface area contributed by atoms with Gasteiger partial charge >= 0.3 is 5.97 Å². The van der Waals surface area contributed by atoms with Crippen molar-refractivity contribution in [2.45, 2.75) is 10.6 Å². The second-order valence-electron chi connectivity index (χ2n) is 4.11. The van der Waals surface area contributed by atoms with Crippen LogP contribution in [0.15, 0.2) is 41.4 Å². The van der Waals surface area contributed by atoms with Crippen LogP contribution in [-0.2, 0) is 5.75 Å². The Morgan fingerprint density at radius 1 is 1.29 bits per heavy atom. The molecule has 6 heteroatoms. The van der Waals surface area contributed by atoms with Gasteiger partial charge in [-0.25, -0.2) is 4.79 Å². The van der Waals surface area contributed by atoms with Crippen molar-refractivity contribution in [3.8, 4) is 11.5 Å². The molecule has 21 heavy (non-hydrogen) atoms. The first-order chi connectivity index (χ1) is 10.2. The molecule has 5 nitrogen and oxygen atoms in total. The minimum Gasteiger partial charge on any atom is -0.493 e. The highest BCUT2D eigenvalue weighted by Crippen LogP contribution is 2.33. The van der Waals surface area contributed by atoms with E-state index in [1.807, 2.05) is 6.07 Å². The van der Waals surface area contributed by atoms with Crippen molar-refractivity contribution >= 4 is 17.7 Å². The van der Waals surface area contributed by atoms with E-state index < -0.39 is 5.97 Å². The second-order valence-corrected chi connectivity index (χ2v) is 5.16. The maximum Gasteiger partial charge on any atom is 0.335 e. The maximum atomic E-state index is 11.0. The third kappa shape index (κ3) is 3.66. The Bertz CT molecular complexity index is 645. The number of methoxy groups -OCH3 is 2. The van der Waals surface area contributed by atoms with Crippen LogP contribution < -0.4 is 9.47 Å². The maximum absolute atomic E-state index is 11.0. The zero-order chi connectivity index (χ0) is 15.2. The summed E-state index contributed by atoms with van der Waals surface area (Å²) in [5.74, 6) is 0.850. The lowest BCUT2D eigenvalue weighted by atomic mass is 10.2. The summed E-state index contributed by atoms with van der Waals surface area (Å²) in [6.45, 7) is 0. The molecule has 0 saturated carbocycles. The minimum absolute atomic E-state index is 0.269. The van der Waals surface area contributed by atoms with Crippen LogP contribution in [-0.4, -0.2) is 30.3 Å². The fourth-order valence-electron chi connectivity index (χ4n) is 1.82. The molecule has 0 saturated heterocycles. The Balaban J connectivity index is 2.16. The number of nitrogens with zero attached hydrogens (tertiary/aromatic N) is 1. The standard InChI is InChI=1S/C15H15NO4S/c1-19-13-6-7-16-12(14(13)20-2)9-21-11-5-3-4-10(8-11)15(17)18/h3-8H,9H2,1-2H3,(H,17,18). The van der Waals surface area contributed by atoms with E-state index in [1.165, 1.54) is 11.8 Å². The summed E-state index contributed by atoms with van der Waals surface area (Å²) in [7, 11) is 3.14.